The van der Waals surface area contributed by atoms with Crippen LogP contribution >= 0.6 is 33.9 Å². The van der Waals surface area contributed by atoms with Crippen LogP contribution in [0, 0.1) is 10.5 Å². The maximum Gasteiger partial charge on any atom is 0.291 e. The van der Waals surface area contributed by atoms with Crippen LogP contribution in [-0.2, 0) is 0 Å². The molecule has 0 aliphatic carbocycles. The highest BCUT2D eigenvalue weighted by atomic mass is 127. The minimum atomic E-state index is -0.342. The lowest BCUT2D eigenvalue weighted by Crippen LogP contribution is -2.11. The number of nitrogens with one attached hydrogen (secondary N) is 2. The van der Waals surface area contributed by atoms with Crippen molar-refractivity contribution in [3.05, 3.63) is 68.5 Å². The van der Waals surface area contributed by atoms with E-state index in [1.165, 1.54) is 17.6 Å². The van der Waals surface area contributed by atoms with Gasteiger partial charge >= 0.3 is 0 Å². The highest BCUT2D eigenvalue weighted by molar-refractivity contribution is 14.1. The Labute approximate surface area is 156 Å². The zero-order valence-electron chi connectivity index (χ0n) is 12.6. The second-order valence-corrected chi connectivity index (χ2v) is 7.31. The van der Waals surface area contributed by atoms with Crippen molar-refractivity contribution in [3.63, 3.8) is 0 Å². The first-order chi connectivity index (χ1) is 11.5. The van der Waals surface area contributed by atoms with Crippen LogP contribution in [-0.4, -0.2) is 11.8 Å². The lowest BCUT2D eigenvalue weighted by atomic mass is 10.2. The monoisotopic (exact) mass is 452 g/mol. The number of hydrogen-bond donors (Lipinski definition) is 2. The maximum atomic E-state index is 12.4. The second kappa shape index (κ2) is 7.18. The molecule has 0 aliphatic rings. The van der Waals surface area contributed by atoms with E-state index in [-0.39, 0.29) is 17.6 Å². The summed E-state index contributed by atoms with van der Waals surface area (Å²) in [7, 11) is 0. The average molecular weight is 452 g/mol. The smallest absolute Gasteiger partial charge is 0.291 e. The van der Waals surface area contributed by atoms with E-state index in [2.05, 4.69) is 33.2 Å². The molecule has 3 rings (SSSR count). The van der Waals surface area contributed by atoms with Crippen LogP contribution in [0.2, 0.25) is 0 Å². The lowest BCUT2D eigenvalue weighted by Gasteiger charge is -2.04. The Balaban J connectivity index is 1.72. The zero-order valence-corrected chi connectivity index (χ0v) is 15.6. The molecule has 122 valence electrons. The van der Waals surface area contributed by atoms with Gasteiger partial charge in [0, 0.05) is 9.26 Å². The number of carbonyl (C=O) groups is 2. The number of aryl methyl sites for hydroxylation is 1. The Bertz CT molecular complexity index is 870. The van der Waals surface area contributed by atoms with Crippen molar-refractivity contribution >= 4 is 56.4 Å². The van der Waals surface area contributed by atoms with Crippen LogP contribution in [0.3, 0.4) is 0 Å². The quantitative estimate of drug-likeness (QED) is 0.561. The van der Waals surface area contributed by atoms with Crippen LogP contribution in [0.4, 0.5) is 10.7 Å². The summed E-state index contributed by atoms with van der Waals surface area (Å²) >= 11 is 3.44. The van der Waals surface area contributed by atoms with E-state index in [0.717, 1.165) is 14.8 Å². The summed E-state index contributed by atoms with van der Waals surface area (Å²) in [5.41, 5.74) is 1.53. The van der Waals surface area contributed by atoms with E-state index in [1.54, 1.807) is 18.2 Å². The Morgan fingerprint density at radius 1 is 1.08 bits per heavy atom. The molecule has 0 atom stereocenters. The third-order valence-electron chi connectivity index (χ3n) is 3.21. The number of thiophene rings is 1. The molecule has 0 saturated heterocycles. The summed E-state index contributed by atoms with van der Waals surface area (Å²) < 4.78 is 6.15. The molecular weight excluding hydrogens is 439 g/mol. The molecule has 0 radical (unpaired) electrons. The first kappa shape index (κ1) is 16.7. The van der Waals surface area contributed by atoms with Gasteiger partial charge in [-0.15, -0.1) is 11.3 Å². The van der Waals surface area contributed by atoms with Gasteiger partial charge in [-0.3, -0.25) is 9.59 Å². The molecule has 0 saturated carbocycles. The minimum absolute atomic E-state index is 0.197. The van der Waals surface area contributed by atoms with Crippen LogP contribution < -0.4 is 10.6 Å². The van der Waals surface area contributed by atoms with Crippen molar-refractivity contribution in [1.82, 2.24) is 0 Å². The summed E-state index contributed by atoms with van der Waals surface area (Å²) in [4.78, 5) is 25.0. The van der Waals surface area contributed by atoms with Crippen molar-refractivity contribution in [3.8, 4) is 0 Å². The van der Waals surface area contributed by atoms with Crippen LogP contribution in [0.5, 0.6) is 0 Å². The SMILES string of the molecule is Cc1cc(NC(=O)c2ccco2)sc1C(=O)Nc1ccc(I)cc1. The average Bonchev–Trinajstić information content (AvgIpc) is 3.19. The summed E-state index contributed by atoms with van der Waals surface area (Å²) in [6.07, 6.45) is 1.44. The molecule has 2 amide bonds. The van der Waals surface area contributed by atoms with E-state index >= 15 is 0 Å². The third kappa shape index (κ3) is 3.85. The fourth-order valence-electron chi connectivity index (χ4n) is 2.07. The molecule has 1 aromatic carbocycles. The van der Waals surface area contributed by atoms with Gasteiger partial charge in [0.1, 0.15) is 0 Å². The standard InChI is InChI=1S/C17H13IN2O3S/c1-10-9-14(20-16(21)13-3-2-8-23-13)24-15(10)17(22)19-12-6-4-11(18)5-7-12/h2-9H,1H3,(H,19,22)(H,20,21). The predicted molar refractivity (Wildman–Crippen MR) is 103 cm³/mol. The van der Waals surface area contributed by atoms with E-state index < -0.39 is 0 Å². The highest BCUT2D eigenvalue weighted by Gasteiger charge is 2.16. The second-order valence-electron chi connectivity index (χ2n) is 5.02. The normalized spacial score (nSPS) is 10.4. The van der Waals surface area contributed by atoms with E-state index in [9.17, 15) is 9.59 Å². The molecule has 0 fully saturated rings. The van der Waals surface area contributed by atoms with Crippen molar-refractivity contribution < 1.29 is 14.0 Å². The lowest BCUT2D eigenvalue weighted by molar-refractivity contribution is 0.0995. The van der Waals surface area contributed by atoms with Gasteiger partial charge in [-0.1, -0.05) is 0 Å². The molecule has 7 heteroatoms. The van der Waals surface area contributed by atoms with Crippen LogP contribution in [0.25, 0.3) is 0 Å². The summed E-state index contributed by atoms with van der Waals surface area (Å²) in [6, 6.07) is 12.5. The Hall–Kier alpha value is -2.13. The number of anilines is 2. The molecule has 3 aromatic rings. The first-order valence-electron chi connectivity index (χ1n) is 7.05. The Morgan fingerprint density at radius 3 is 2.50 bits per heavy atom. The largest absolute Gasteiger partial charge is 0.459 e. The minimum Gasteiger partial charge on any atom is -0.459 e. The summed E-state index contributed by atoms with van der Waals surface area (Å²) in [5.74, 6) is -0.311. The van der Waals surface area contributed by atoms with E-state index in [4.69, 9.17) is 4.42 Å². The van der Waals surface area contributed by atoms with Gasteiger partial charge in [-0.2, -0.15) is 0 Å². The van der Waals surface area contributed by atoms with Crippen LogP contribution in [0.15, 0.2) is 53.1 Å². The van der Waals surface area contributed by atoms with Gasteiger partial charge in [0.2, 0.25) is 0 Å². The zero-order chi connectivity index (χ0) is 17.1. The molecule has 0 unspecified atom stereocenters. The number of furan rings is 1. The molecule has 0 spiro atoms. The molecule has 0 aliphatic heterocycles. The van der Waals surface area contributed by atoms with Gasteiger partial charge in [0.25, 0.3) is 11.8 Å². The molecule has 5 nitrogen and oxygen atoms in total. The molecule has 24 heavy (non-hydrogen) atoms. The predicted octanol–water partition coefficient (Wildman–Crippen LogP) is 4.76. The fraction of sp³-hybridized carbons (Fsp3) is 0.0588. The number of hydrogen-bond acceptors (Lipinski definition) is 4. The number of carbonyl (C=O) groups excluding carboxylic acids is 2. The third-order valence-corrected chi connectivity index (χ3v) is 5.08. The van der Waals surface area contributed by atoms with Gasteiger partial charge in [0.15, 0.2) is 5.76 Å². The topological polar surface area (TPSA) is 71.3 Å². The van der Waals surface area contributed by atoms with E-state index in [0.29, 0.717) is 9.88 Å². The number of halogens is 1. The van der Waals surface area contributed by atoms with Crippen molar-refractivity contribution in [1.29, 1.82) is 0 Å². The number of amides is 2. The number of rotatable bonds is 4. The van der Waals surface area contributed by atoms with Gasteiger partial charge in [-0.25, -0.2) is 0 Å². The van der Waals surface area contributed by atoms with Gasteiger partial charge < -0.3 is 15.1 Å². The Morgan fingerprint density at radius 2 is 1.83 bits per heavy atom. The number of benzene rings is 1. The van der Waals surface area contributed by atoms with Crippen molar-refractivity contribution in [2.45, 2.75) is 6.92 Å². The van der Waals surface area contributed by atoms with Gasteiger partial charge in [-0.05, 0) is 77.5 Å². The van der Waals surface area contributed by atoms with Crippen LogP contribution in [0.1, 0.15) is 25.8 Å². The summed E-state index contributed by atoms with van der Waals surface area (Å²) in [6.45, 7) is 1.84. The fourth-order valence-corrected chi connectivity index (χ4v) is 3.39. The molecular formula is C17H13IN2O3S. The van der Waals surface area contributed by atoms with Crippen molar-refractivity contribution in [2.75, 3.05) is 10.6 Å². The molecule has 0 bridgehead atoms. The molecule has 2 heterocycles. The Kier molecular flexibility index (Phi) is 5.00. The maximum absolute atomic E-state index is 12.4. The van der Waals surface area contributed by atoms with E-state index in [1.807, 2.05) is 31.2 Å². The molecule has 2 N–H and O–H groups in total. The highest BCUT2D eigenvalue weighted by Crippen LogP contribution is 2.28. The molecule has 2 aromatic heterocycles. The van der Waals surface area contributed by atoms with Crippen molar-refractivity contribution in [2.24, 2.45) is 0 Å². The van der Waals surface area contributed by atoms with Gasteiger partial charge in [0.05, 0.1) is 16.1 Å². The first-order valence-corrected chi connectivity index (χ1v) is 8.94. The summed E-state index contributed by atoms with van der Waals surface area (Å²) in [5, 5.41) is 6.19.